The lowest BCUT2D eigenvalue weighted by Crippen LogP contribution is -1.99. The van der Waals surface area contributed by atoms with Crippen LogP contribution in [0.2, 0.25) is 0 Å². The zero-order chi connectivity index (χ0) is 15.0. The Morgan fingerprint density at radius 1 is 1.24 bits per heavy atom. The molecule has 0 unspecified atom stereocenters. The molecule has 0 amide bonds. The zero-order valence-corrected chi connectivity index (χ0v) is 11.3. The van der Waals surface area contributed by atoms with Crippen molar-refractivity contribution in [3.8, 4) is 17.1 Å². The van der Waals surface area contributed by atoms with Gasteiger partial charge in [-0.3, -0.25) is 0 Å². The van der Waals surface area contributed by atoms with Crippen molar-refractivity contribution < 1.29 is 19.1 Å². The third-order valence-electron chi connectivity index (χ3n) is 3.31. The second kappa shape index (κ2) is 4.86. The van der Waals surface area contributed by atoms with E-state index in [0.717, 1.165) is 0 Å². The van der Waals surface area contributed by atoms with Gasteiger partial charge in [0.05, 0.1) is 7.11 Å². The first-order chi connectivity index (χ1) is 10.1. The van der Waals surface area contributed by atoms with Gasteiger partial charge in [-0.05, 0) is 18.2 Å². The molecule has 3 rings (SSSR count). The number of carbonyl (C=O) groups is 1. The van der Waals surface area contributed by atoms with Crippen LogP contribution in [-0.2, 0) is 0 Å². The molecule has 0 fully saturated rings. The van der Waals surface area contributed by atoms with Gasteiger partial charge in [0, 0.05) is 22.7 Å². The number of benzene rings is 2. The highest BCUT2D eigenvalue weighted by atomic mass is 16.5. The van der Waals surface area contributed by atoms with Crippen LogP contribution in [0.3, 0.4) is 0 Å². The molecule has 3 aromatic rings. The van der Waals surface area contributed by atoms with E-state index in [1.165, 1.54) is 7.11 Å². The first kappa shape index (κ1) is 13.1. The van der Waals surface area contributed by atoms with Gasteiger partial charge in [0.1, 0.15) is 16.9 Å². The maximum Gasteiger partial charge on any atom is 0.340 e. The summed E-state index contributed by atoms with van der Waals surface area (Å²) in [5, 5.41) is 10.0. The number of carboxylic acids is 1. The molecule has 0 aliphatic carbocycles. The summed E-state index contributed by atoms with van der Waals surface area (Å²) in [6, 6.07) is 12.0. The molecule has 1 aromatic heterocycles. The van der Waals surface area contributed by atoms with Crippen molar-refractivity contribution in [1.82, 2.24) is 0 Å². The number of carboxylic acid groups (broad SMARTS) is 1. The average Bonchev–Trinajstić information content (AvgIpc) is 2.86. The Kier molecular flexibility index (Phi) is 3.02. The molecule has 0 aliphatic rings. The van der Waals surface area contributed by atoms with Crippen LogP contribution >= 0.6 is 0 Å². The van der Waals surface area contributed by atoms with Crippen molar-refractivity contribution in [3.05, 3.63) is 48.0 Å². The van der Waals surface area contributed by atoms with E-state index >= 15 is 0 Å². The normalized spacial score (nSPS) is 10.7. The fourth-order valence-electron chi connectivity index (χ4n) is 2.32. The minimum Gasteiger partial charge on any atom is -0.497 e. The fourth-order valence-corrected chi connectivity index (χ4v) is 2.32. The summed E-state index contributed by atoms with van der Waals surface area (Å²) in [6.45, 7) is 0. The first-order valence-corrected chi connectivity index (χ1v) is 6.30. The third kappa shape index (κ3) is 2.08. The molecule has 2 aromatic carbocycles. The highest BCUT2D eigenvalue weighted by molar-refractivity contribution is 6.08. The van der Waals surface area contributed by atoms with Gasteiger partial charge in [-0.2, -0.15) is 0 Å². The second-order valence-corrected chi connectivity index (χ2v) is 4.56. The van der Waals surface area contributed by atoms with Crippen LogP contribution in [0.4, 0.5) is 5.69 Å². The van der Waals surface area contributed by atoms with Crippen molar-refractivity contribution in [2.75, 3.05) is 12.8 Å². The number of aromatic carboxylic acids is 1. The van der Waals surface area contributed by atoms with Crippen molar-refractivity contribution >= 4 is 22.6 Å². The van der Waals surface area contributed by atoms with E-state index in [4.69, 9.17) is 14.9 Å². The SMILES string of the molecule is COc1ccc(-c2oc3ccccc3c2C(=O)O)c(N)c1. The number of nitrogen functional groups attached to an aromatic ring is 1. The topological polar surface area (TPSA) is 85.7 Å². The van der Waals surface area contributed by atoms with Crippen LogP contribution in [0.1, 0.15) is 10.4 Å². The van der Waals surface area contributed by atoms with Gasteiger partial charge in [-0.25, -0.2) is 4.79 Å². The highest BCUT2D eigenvalue weighted by Crippen LogP contribution is 2.37. The van der Waals surface area contributed by atoms with Gasteiger partial charge >= 0.3 is 5.97 Å². The maximum absolute atomic E-state index is 11.6. The quantitative estimate of drug-likeness (QED) is 0.719. The molecule has 0 saturated heterocycles. The van der Waals surface area contributed by atoms with Crippen LogP contribution in [0.5, 0.6) is 5.75 Å². The standard InChI is InChI=1S/C16H13NO4/c1-20-9-6-7-10(12(17)8-9)15-14(16(18)19)11-4-2-3-5-13(11)21-15/h2-8H,17H2,1H3,(H,18,19). The lowest BCUT2D eigenvalue weighted by atomic mass is 10.0. The van der Waals surface area contributed by atoms with E-state index in [9.17, 15) is 9.90 Å². The molecule has 0 saturated carbocycles. The van der Waals surface area contributed by atoms with Crippen LogP contribution in [-0.4, -0.2) is 18.2 Å². The van der Waals surface area contributed by atoms with Crippen molar-refractivity contribution in [2.24, 2.45) is 0 Å². The first-order valence-electron chi connectivity index (χ1n) is 6.30. The monoisotopic (exact) mass is 283 g/mol. The molecule has 0 aliphatic heterocycles. The summed E-state index contributed by atoms with van der Waals surface area (Å²) in [7, 11) is 1.54. The lowest BCUT2D eigenvalue weighted by molar-refractivity contribution is 0.0699. The smallest absolute Gasteiger partial charge is 0.340 e. The number of rotatable bonds is 3. The second-order valence-electron chi connectivity index (χ2n) is 4.56. The minimum absolute atomic E-state index is 0.113. The summed E-state index contributed by atoms with van der Waals surface area (Å²) in [4.78, 5) is 11.6. The number of fused-ring (bicyclic) bond motifs is 1. The molecule has 106 valence electrons. The molecular formula is C16H13NO4. The maximum atomic E-state index is 11.6. The van der Waals surface area contributed by atoms with E-state index in [1.807, 2.05) is 0 Å². The summed E-state index contributed by atoms with van der Waals surface area (Å²) in [6.07, 6.45) is 0. The molecule has 1 heterocycles. The Hall–Kier alpha value is -2.95. The number of furan rings is 1. The van der Waals surface area contributed by atoms with Gasteiger partial charge in [0.25, 0.3) is 0 Å². The summed E-state index contributed by atoms with van der Waals surface area (Å²) < 4.78 is 10.8. The Bertz CT molecular complexity index is 835. The van der Waals surface area contributed by atoms with E-state index < -0.39 is 5.97 Å². The Labute approximate surface area is 120 Å². The molecule has 5 nitrogen and oxygen atoms in total. The fraction of sp³-hybridized carbons (Fsp3) is 0.0625. The molecule has 0 bridgehead atoms. The average molecular weight is 283 g/mol. The van der Waals surface area contributed by atoms with E-state index in [2.05, 4.69) is 0 Å². The van der Waals surface area contributed by atoms with E-state index in [0.29, 0.717) is 28.0 Å². The molecule has 5 heteroatoms. The largest absolute Gasteiger partial charge is 0.497 e. The molecule has 0 spiro atoms. The van der Waals surface area contributed by atoms with E-state index in [-0.39, 0.29) is 11.3 Å². The molecular weight excluding hydrogens is 270 g/mol. The summed E-state index contributed by atoms with van der Waals surface area (Å²) >= 11 is 0. The van der Waals surface area contributed by atoms with Gasteiger partial charge in [-0.15, -0.1) is 0 Å². The van der Waals surface area contributed by atoms with Crippen LogP contribution < -0.4 is 10.5 Å². The Morgan fingerprint density at radius 3 is 2.67 bits per heavy atom. The van der Waals surface area contributed by atoms with Gasteiger partial charge in [0.15, 0.2) is 5.76 Å². The van der Waals surface area contributed by atoms with Crippen LogP contribution in [0, 0.1) is 0 Å². The van der Waals surface area contributed by atoms with Crippen molar-refractivity contribution in [3.63, 3.8) is 0 Å². The number of ether oxygens (including phenoxy) is 1. The molecule has 0 atom stereocenters. The highest BCUT2D eigenvalue weighted by Gasteiger charge is 2.22. The van der Waals surface area contributed by atoms with Gasteiger partial charge in [0.2, 0.25) is 0 Å². The number of methoxy groups -OCH3 is 1. The number of anilines is 1. The molecule has 0 radical (unpaired) electrons. The summed E-state index contributed by atoms with van der Waals surface area (Å²) in [5.74, 6) is -0.196. The summed E-state index contributed by atoms with van der Waals surface area (Å²) in [5.41, 5.74) is 7.55. The number of nitrogens with two attached hydrogens (primary N) is 1. The lowest BCUT2D eigenvalue weighted by Gasteiger charge is -2.06. The van der Waals surface area contributed by atoms with Crippen molar-refractivity contribution in [2.45, 2.75) is 0 Å². The molecule has 3 N–H and O–H groups in total. The van der Waals surface area contributed by atoms with Gasteiger partial charge < -0.3 is 20.0 Å². The predicted molar refractivity (Wildman–Crippen MR) is 79.6 cm³/mol. The third-order valence-corrected chi connectivity index (χ3v) is 3.31. The van der Waals surface area contributed by atoms with Crippen LogP contribution in [0.15, 0.2) is 46.9 Å². The molecule has 21 heavy (non-hydrogen) atoms. The number of para-hydroxylation sites is 1. The van der Waals surface area contributed by atoms with Crippen molar-refractivity contribution in [1.29, 1.82) is 0 Å². The Morgan fingerprint density at radius 2 is 2.00 bits per heavy atom. The number of hydrogen-bond donors (Lipinski definition) is 2. The Balaban J connectivity index is 2.29. The number of hydrogen-bond acceptors (Lipinski definition) is 4. The van der Waals surface area contributed by atoms with Gasteiger partial charge in [-0.1, -0.05) is 18.2 Å². The minimum atomic E-state index is -1.05. The zero-order valence-electron chi connectivity index (χ0n) is 11.3. The van der Waals surface area contributed by atoms with E-state index in [1.54, 1.807) is 42.5 Å². The predicted octanol–water partition coefficient (Wildman–Crippen LogP) is 3.39. The van der Waals surface area contributed by atoms with Crippen LogP contribution in [0.25, 0.3) is 22.3 Å².